The van der Waals surface area contributed by atoms with E-state index in [1.807, 2.05) is 6.08 Å². The van der Waals surface area contributed by atoms with Crippen LogP contribution in [0, 0.1) is 0 Å². The highest BCUT2D eigenvalue weighted by Crippen LogP contribution is 2.25. The number of allylic oxidation sites excluding steroid dienone is 1. The van der Waals surface area contributed by atoms with Crippen molar-refractivity contribution in [2.75, 3.05) is 0 Å². The fraction of sp³-hybridized carbons (Fsp3) is 0.700. The van der Waals surface area contributed by atoms with Crippen LogP contribution >= 0.6 is 46.4 Å². The van der Waals surface area contributed by atoms with Crippen molar-refractivity contribution in [1.29, 1.82) is 0 Å². The average Bonchev–Trinajstić information content (AvgIpc) is 2.15. The van der Waals surface area contributed by atoms with Crippen LogP contribution < -0.4 is 0 Å². The molecule has 0 nitrogen and oxygen atoms in total. The molecule has 0 saturated heterocycles. The van der Waals surface area contributed by atoms with Crippen molar-refractivity contribution in [2.24, 2.45) is 0 Å². The first-order valence-corrected chi connectivity index (χ1v) is 6.32. The van der Waals surface area contributed by atoms with Gasteiger partial charge >= 0.3 is 0 Å². The molecule has 0 N–H and O–H groups in total. The van der Waals surface area contributed by atoms with E-state index in [0.29, 0.717) is 11.5 Å². The van der Waals surface area contributed by atoms with E-state index in [1.54, 1.807) is 0 Å². The van der Waals surface area contributed by atoms with Gasteiger partial charge < -0.3 is 0 Å². The summed E-state index contributed by atoms with van der Waals surface area (Å²) in [6.07, 6.45) is 5.17. The summed E-state index contributed by atoms with van der Waals surface area (Å²) in [5.74, 6) is 0. The minimum atomic E-state index is -0.136. The first kappa shape index (κ1) is 12.7. The van der Waals surface area contributed by atoms with E-state index >= 15 is 0 Å². The Hall–Kier alpha value is 0.680. The molecule has 0 bridgehead atoms. The van der Waals surface area contributed by atoms with E-state index in [0.717, 1.165) is 19.3 Å². The van der Waals surface area contributed by atoms with Crippen LogP contribution in [-0.4, -0.2) is 16.1 Å². The highest BCUT2D eigenvalue weighted by atomic mass is 35.5. The van der Waals surface area contributed by atoms with Crippen LogP contribution in [0.5, 0.6) is 0 Å². The summed E-state index contributed by atoms with van der Waals surface area (Å²) in [6, 6.07) is 0. The van der Waals surface area contributed by atoms with Crippen LogP contribution in [0.25, 0.3) is 0 Å². The zero-order chi connectivity index (χ0) is 10.6. The van der Waals surface area contributed by atoms with E-state index in [1.165, 1.54) is 0 Å². The third-order valence-electron chi connectivity index (χ3n) is 2.19. The van der Waals surface area contributed by atoms with Crippen molar-refractivity contribution in [1.82, 2.24) is 0 Å². The maximum atomic E-state index is 6.09. The Balaban J connectivity index is 2.71. The molecule has 0 saturated carbocycles. The van der Waals surface area contributed by atoms with E-state index < -0.39 is 0 Å². The third kappa shape index (κ3) is 4.04. The van der Waals surface area contributed by atoms with Gasteiger partial charge in [-0.25, -0.2) is 0 Å². The molecule has 0 spiro atoms. The van der Waals surface area contributed by atoms with E-state index in [4.69, 9.17) is 46.4 Å². The Labute approximate surface area is 105 Å². The maximum Gasteiger partial charge on any atom is 0.0773 e. The van der Waals surface area contributed by atoms with Gasteiger partial charge in [-0.15, -0.1) is 40.5 Å². The SMILES string of the molecule is ClC1=C=CCC(Cl)C(Cl)CCCC1Cl. The van der Waals surface area contributed by atoms with Crippen molar-refractivity contribution in [2.45, 2.75) is 41.8 Å². The molecule has 1 aliphatic carbocycles. The van der Waals surface area contributed by atoms with Gasteiger partial charge in [-0.05, 0) is 25.3 Å². The van der Waals surface area contributed by atoms with Crippen molar-refractivity contribution in [3.8, 4) is 0 Å². The van der Waals surface area contributed by atoms with E-state index in [-0.39, 0.29) is 16.1 Å². The average molecular weight is 274 g/mol. The Kier molecular flexibility index (Phi) is 5.74. The van der Waals surface area contributed by atoms with Crippen molar-refractivity contribution < 1.29 is 0 Å². The Morgan fingerprint density at radius 2 is 1.86 bits per heavy atom. The van der Waals surface area contributed by atoms with Gasteiger partial charge in [-0.2, -0.15) is 0 Å². The van der Waals surface area contributed by atoms with Crippen LogP contribution in [-0.2, 0) is 0 Å². The molecule has 0 radical (unpaired) electrons. The molecule has 14 heavy (non-hydrogen) atoms. The lowest BCUT2D eigenvalue weighted by Crippen LogP contribution is -2.15. The first-order chi connectivity index (χ1) is 6.61. The molecule has 0 aromatic carbocycles. The molecule has 0 aromatic rings. The van der Waals surface area contributed by atoms with Crippen LogP contribution in [0.2, 0.25) is 0 Å². The number of alkyl halides is 3. The fourth-order valence-electron chi connectivity index (χ4n) is 1.31. The van der Waals surface area contributed by atoms with Crippen LogP contribution in [0.3, 0.4) is 0 Å². The molecular weight excluding hydrogens is 262 g/mol. The van der Waals surface area contributed by atoms with Gasteiger partial charge in [0.1, 0.15) is 0 Å². The number of halogens is 4. The predicted molar refractivity (Wildman–Crippen MR) is 64.8 cm³/mol. The number of rotatable bonds is 0. The summed E-state index contributed by atoms with van der Waals surface area (Å²) in [6.45, 7) is 0. The molecule has 0 amide bonds. The number of hydrogen-bond donors (Lipinski definition) is 0. The van der Waals surface area contributed by atoms with Gasteiger partial charge in [0.15, 0.2) is 0 Å². The summed E-state index contributed by atoms with van der Waals surface area (Å²) < 4.78 is 0. The molecule has 0 heterocycles. The predicted octanol–water partition coefficient (Wildman–Crippen LogP) is 4.66. The summed E-state index contributed by atoms with van der Waals surface area (Å²) in [5, 5.41) is 0.406. The highest BCUT2D eigenvalue weighted by molar-refractivity contribution is 6.37. The molecule has 0 aromatic heterocycles. The molecule has 3 unspecified atom stereocenters. The third-order valence-corrected chi connectivity index (χ3v) is 4.24. The Morgan fingerprint density at radius 3 is 2.57 bits per heavy atom. The smallest absolute Gasteiger partial charge is 0.0773 e. The Bertz CT molecular complexity index is 243. The second kappa shape index (κ2) is 6.30. The van der Waals surface area contributed by atoms with Gasteiger partial charge in [0, 0.05) is 0 Å². The summed E-state index contributed by atoms with van der Waals surface area (Å²) >= 11 is 24.1. The molecule has 80 valence electrons. The van der Waals surface area contributed by atoms with Crippen molar-refractivity contribution in [3.05, 3.63) is 16.8 Å². The molecule has 0 aliphatic heterocycles. The van der Waals surface area contributed by atoms with Gasteiger partial charge in [0.25, 0.3) is 0 Å². The lowest BCUT2D eigenvalue weighted by Gasteiger charge is -2.16. The van der Waals surface area contributed by atoms with Crippen LogP contribution in [0.1, 0.15) is 25.7 Å². The molecule has 1 rings (SSSR count). The van der Waals surface area contributed by atoms with Crippen LogP contribution in [0.15, 0.2) is 16.8 Å². The van der Waals surface area contributed by atoms with Crippen molar-refractivity contribution in [3.63, 3.8) is 0 Å². The second-order valence-electron chi connectivity index (χ2n) is 3.36. The molecule has 4 heteroatoms. The summed E-state index contributed by atoms with van der Waals surface area (Å²) in [7, 11) is 0. The zero-order valence-corrected chi connectivity index (χ0v) is 10.7. The summed E-state index contributed by atoms with van der Waals surface area (Å²) in [4.78, 5) is 0. The first-order valence-electron chi connectivity index (χ1n) is 4.64. The molecule has 1 aliphatic rings. The standard InChI is InChI=1S/C10H12Cl4/c11-7-3-1-4-8(12)10(14)6-2-5-9(7)13/h1,7,9-10H,2-3,5-6H2. The minimum Gasteiger partial charge on any atom is -0.121 e. The molecular formula is C10H12Cl4. The van der Waals surface area contributed by atoms with Gasteiger partial charge in [-0.3, -0.25) is 0 Å². The molecule has 0 fully saturated rings. The number of hydrogen-bond acceptors (Lipinski definition) is 0. The van der Waals surface area contributed by atoms with E-state index in [2.05, 4.69) is 5.73 Å². The Morgan fingerprint density at radius 1 is 1.14 bits per heavy atom. The molecule has 3 atom stereocenters. The quantitative estimate of drug-likeness (QED) is 0.445. The maximum absolute atomic E-state index is 6.09. The highest BCUT2D eigenvalue weighted by Gasteiger charge is 2.17. The van der Waals surface area contributed by atoms with Gasteiger partial charge in [0.2, 0.25) is 0 Å². The normalized spacial score (nSPS) is 35.1. The van der Waals surface area contributed by atoms with Crippen LogP contribution in [0.4, 0.5) is 0 Å². The van der Waals surface area contributed by atoms with Gasteiger partial charge in [0.05, 0.1) is 21.2 Å². The minimum absolute atomic E-state index is 0.00968. The second-order valence-corrected chi connectivity index (χ2v) is 5.42. The van der Waals surface area contributed by atoms with Crippen molar-refractivity contribution >= 4 is 46.4 Å². The van der Waals surface area contributed by atoms with Gasteiger partial charge in [-0.1, -0.05) is 18.0 Å². The largest absolute Gasteiger partial charge is 0.121 e. The lowest BCUT2D eigenvalue weighted by molar-refractivity contribution is 0.631. The lowest BCUT2D eigenvalue weighted by atomic mass is 10.1. The topological polar surface area (TPSA) is 0 Å². The zero-order valence-electron chi connectivity index (χ0n) is 7.65. The summed E-state index contributed by atoms with van der Waals surface area (Å²) in [5.41, 5.74) is 2.94. The van der Waals surface area contributed by atoms with E-state index in [9.17, 15) is 0 Å². The fourth-order valence-corrected chi connectivity index (χ4v) is 2.18. The monoisotopic (exact) mass is 272 g/mol.